The molecule has 0 radical (unpaired) electrons. The van der Waals surface area contributed by atoms with E-state index in [0.717, 1.165) is 64.6 Å². The van der Waals surface area contributed by atoms with Crippen LogP contribution in [0.15, 0.2) is 4.99 Å². The minimum Gasteiger partial charge on any atom is -0.385 e. The lowest BCUT2D eigenvalue weighted by Gasteiger charge is -2.34. The van der Waals surface area contributed by atoms with Gasteiger partial charge in [0, 0.05) is 53.0 Å². The second kappa shape index (κ2) is 15.7. The van der Waals surface area contributed by atoms with Crippen LogP contribution in [0.4, 0.5) is 0 Å². The van der Waals surface area contributed by atoms with Crippen LogP contribution in [0.5, 0.6) is 0 Å². The van der Waals surface area contributed by atoms with Gasteiger partial charge in [-0.25, -0.2) is 0 Å². The largest absolute Gasteiger partial charge is 0.385 e. The van der Waals surface area contributed by atoms with Crippen LogP contribution >= 0.6 is 24.0 Å². The Labute approximate surface area is 189 Å². The van der Waals surface area contributed by atoms with Crippen molar-refractivity contribution >= 4 is 29.9 Å². The number of ether oxygens (including phenoxy) is 2. The van der Waals surface area contributed by atoms with E-state index in [-0.39, 0.29) is 24.0 Å². The summed E-state index contributed by atoms with van der Waals surface area (Å²) in [5.41, 5.74) is 0. The summed E-state index contributed by atoms with van der Waals surface area (Å²) in [5, 5.41) is 3.49. The predicted octanol–water partition coefficient (Wildman–Crippen LogP) is 3.21. The molecule has 0 aromatic heterocycles. The number of guanidine groups is 1. The molecular weight excluding hydrogens is 467 g/mol. The van der Waals surface area contributed by atoms with Crippen LogP contribution in [-0.2, 0) is 9.47 Å². The zero-order chi connectivity index (χ0) is 19.3. The van der Waals surface area contributed by atoms with Crippen molar-refractivity contribution in [2.24, 2.45) is 10.9 Å². The molecule has 2 fully saturated rings. The first-order chi connectivity index (χ1) is 13.2. The van der Waals surface area contributed by atoms with Crippen molar-refractivity contribution in [3.63, 3.8) is 0 Å². The standard InChI is InChI=1S/C21H42N4O2.HI/c1-4-22-21(23-17-19(2)18-24-11-6-5-7-12-24)25-13-9-20(10-14-25)27-16-8-15-26-3;/h19-20H,4-18H2,1-3H3,(H,22,23);1H. The second-order valence-corrected chi connectivity index (χ2v) is 8.06. The van der Waals surface area contributed by atoms with E-state index in [2.05, 4.69) is 29.0 Å². The summed E-state index contributed by atoms with van der Waals surface area (Å²) in [5.74, 6) is 1.69. The van der Waals surface area contributed by atoms with Crippen LogP contribution in [-0.4, -0.2) is 88.0 Å². The second-order valence-electron chi connectivity index (χ2n) is 8.06. The number of nitrogens with one attached hydrogen (secondary N) is 1. The monoisotopic (exact) mass is 510 g/mol. The van der Waals surface area contributed by atoms with Gasteiger partial charge in [0.1, 0.15) is 0 Å². The number of aliphatic imine (C=N–C) groups is 1. The summed E-state index contributed by atoms with van der Waals surface area (Å²) in [6.07, 6.45) is 7.66. The van der Waals surface area contributed by atoms with Gasteiger partial charge in [0.15, 0.2) is 5.96 Å². The number of hydrogen-bond donors (Lipinski definition) is 1. The smallest absolute Gasteiger partial charge is 0.193 e. The molecule has 0 spiro atoms. The highest BCUT2D eigenvalue weighted by molar-refractivity contribution is 14.0. The molecule has 0 aromatic rings. The van der Waals surface area contributed by atoms with E-state index in [1.54, 1.807) is 7.11 Å². The Balaban J connectivity index is 0.00000392. The maximum atomic E-state index is 5.98. The summed E-state index contributed by atoms with van der Waals surface area (Å²) in [7, 11) is 1.74. The molecule has 1 atom stereocenters. The molecular formula is C21H43IN4O2. The summed E-state index contributed by atoms with van der Waals surface area (Å²) in [6.45, 7) is 13.7. The van der Waals surface area contributed by atoms with E-state index < -0.39 is 0 Å². The average Bonchev–Trinajstić information content (AvgIpc) is 2.70. The summed E-state index contributed by atoms with van der Waals surface area (Å²) in [6, 6.07) is 0. The van der Waals surface area contributed by atoms with E-state index in [1.807, 2.05) is 0 Å². The molecule has 1 N–H and O–H groups in total. The van der Waals surface area contributed by atoms with E-state index in [4.69, 9.17) is 14.5 Å². The summed E-state index contributed by atoms with van der Waals surface area (Å²) >= 11 is 0. The van der Waals surface area contributed by atoms with Gasteiger partial charge in [0.2, 0.25) is 0 Å². The Hall–Kier alpha value is -0.120. The highest BCUT2D eigenvalue weighted by atomic mass is 127. The minimum absolute atomic E-state index is 0. The normalized spacial score (nSPS) is 20.7. The van der Waals surface area contributed by atoms with Gasteiger partial charge in [-0.15, -0.1) is 24.0 Å². The van der Waals surface area contributed by atoms with Gasteiger partial charge in [-0.2, -0.15) is 0 Å². The van der Waals surface area contributed by atoms with Crippen molar-refractivity contribution in [3.05, 3.63) is 0 Å². The molecule has 0 saturated carbocycles. The van der Waals surface area contributed by atoms with Gasteiger partial charge in [-0.3, -0.25) is 4.99 Å². The Bertz CT molecular complexity index is 411. The van der Waals surface area contributed by atoms with Gasteiger partial charge in [0.25, 0.3) is 0 Å². The molecule has 2 rings (SSSR count). The van der Waals surface area contributed by atoms with Gasteiger partial charge in [0.05, 0.1) is 6.10 Å². The van der Waals surface area contributed by atoms with Crippen molar-refractivity contribution in [2.45, 2.75) is 58.5 Å². The molecule has 2 heterocycles. The Morgan fingerprint density at radius 2 is 1.82 bits per heavy atom. The molecule has 2 saturated heterocycles. The molecule has 2 aliphatic rings. The number of rotatable bonds is 10. The predicted molar refractivity (Wildman–Crippen MR) is 128 cm³/mol. The van der Waals surface area contributed by atoms with Crippen LogP contribution in [0.25, 0.3) is 0 Å². The lowest BCUT2D eigenvalue weighted by atomic mass is 10.1. The van der Waals surface area contributed by atoms with E-state index in [0.29, 0.717) is 12.0 Å². The van der Waals surface area contributed by atoms with Crippen LogP contribution in [0.1, 0.15) is 52.4 Å². The molecule has 0 aliphatic carbocycles. The molecule has 7 heteroatoms. The fourth-order valence-electron chi connectivity index (χ4n) is 4.00. The number of hydrogen-bond acceptors (Lipinski definition) is 4. The van der Waals surface area contributed by atoms with Gasteiger partial charge in [-0.05, 0) is 58.0 Å². The topological polar surface area (TPSA) is 49.3 Å². The van der Waals surface area contributed by atoms with E-state index >= 15 is 0 Å². The Morgan fingerprint density at radius 1 is 1.11 bits per heavy atom. The first-order valence-electron chi connectivity index (χ1n) is 11.1. The fraction of sp³-hybridized carbons (Fsp3) is 0.952. The van der Waals surface area contributed by atoms with Crippen molar-refractivity contribution < 1.29 is 9.47 Å². The van der Waals surface area contributed by atoms with Crippen molar-refractivity contribution in [3.8, 4) is 0 Å². The fourth-order valence-corrected chi connectivity index (χ4v) is 4.00. The lowest BCUT2D eigenvalue weighted by Crippen LogP contribution is -2.47. The average molecular weight is 511 g/mol. The first-order valence-corrected chi connectivity index (χ1v) is 11.1. The third kappa shape index (κ3) is 10.1. The van der Waals surface area contributed by atoms with Gasteiger partial charge >= 0.3 is 0 Å². The van der Waals surface area contributed by atoms with Gasteiger partial charge < -0.3 is 24.6 Å². The maximum Gasteiger partial charge on any atom is 0.193 e. The third-order valence-corrected chi connectivity index (χ3v) is 5.49. The molecule has 166 valence electrons. The van der Waals surface area contributed by atoms with E-state index in [9.17, 15) is 0 Å². The molecule has 6 nitrogen and oxygen atoms in total. The number of methoxy groups -OCH3 is 1. The lowest BCUT2D eigenvalue weighted by molar-refractivity contribution is 0.00989. The number of nitrogens with zero attached hydrogens (tertiary/aromatic N) is 3. The van der Waals surface area contributed by atoms with Gasteiger partial charge in [-0.1, -0.05) is 13.3 Å². The Kier molecular flexibility index (Phi) is 14.5. The quantitative estimate of drug-likeness (QED) is 0.212. The number of likely N-dealkylation sites (tertiary alicyclic amines) is 2. The van der Waals surface area contributed by atoms with Crippen molar-refractivity contribution in [1.82, 2.24) is 15.1 Å². The summed E-state index contributed by atoms with van der Waals surface area (Å²) < 4.78 is 11.1. The Morgan fingerprint density at radius 3 is 2.46 bits per heavy atom. The SMILES string of the molecule is CCNC(=NCC(C)CN1CCCCC1)N1CCC(OCCCOC)CC1.I. The minimum atomic E-state index is 0. The first kappa shape index (κ1) is 25.9. The zero-order valence-electron chi connectivity index (χ0n) is 18.3. The highest BCUT2D eigenvalue weighted by Gasteiger charge is 2.22. The molecule has 2 aliphatic heterocycles. The van der Waals surface area contributed by atoms with Crippen molar-refractivity contribution in [2.75, 3.05) is 66.1 Å². The van der Waals surface area contributed by atoms with E-state index in [1.165, 1.54) is 38.9 Å². The molecule has 0 aromatic carbocycles. The third-order valence-electron chi connectivity index (χ3n) is 5.49. The molecule has 0 bridgehead atoms. The molecule has 28 heavy (non-hydrogen) atoms. The maximum absolute atomic E-state index is 5.98. The number of piperidine rings is 2. The van der Waals surface area contributed by atoms with Crippen LogP contribution < -0.4 is 5.32 Å². The number of halogens is 1. The van der Waals surface area contributed by atoms with Crippen LogP contribution in [0.2, 0.25) is 0 Å². The van der Waals surface area contributed by atoms with Crippen molar-refractivity contribution in [1.29, 1.82) is 0 Å². The molecule has 1 unspecified atom stereocenters. The van der Waals surface area contributed by atoms with Crippen LogP contribution in [0, 0.1) is 5.92 Å². The zero-order valence-corrected chi connectivity index (χ0v) is 20.7. The molecule has 0 amide bonds. The highest BCUT2D eigenvalue weighted by Crippen LogP contribution is 2.15. The summed E-state index contributed by atoms with van der Waals surface area (Å²) in [4.78, 5) is 9.98. The van der Waals surface area contributed by atoms with Crippen LogP contribution in [0.3, 0.4) is 0 Å².